The number of amides is 1. The van der Waals surface area contributed by atoms with Crippen molar-refractivity contribution in [1.82, 2.24) is 15.2 Å². The normalized spacial score (nSPS) is 19.1. The summed E-state index contributed by atoms with van der Waals surface area (Å²) >= 11 is 0. The van der Waals surface area contributed by atoms with Crippen LogP contribution in [0.3, 0.4) is 0 Å². The van der Waals surface area contributed by atoms with Crippen LogP contribution in [-0.4, -0.2) is 47.6 Å². The molecule has 1 aliphatic rings. The van der Waals surface area contributed by atoms with Gasteiger partial charge in [-0.1, -0.05) is 6.07 Å². The topological polar surface area (TPSA) is 54.5 Å². The third-order valence-electron chi connectivity index (χ3n) is 3.43. The Balaban J connectivity index is 1.95. The Morgan fingerprint density at radius 1 is 1.60 bits per heavy atom. The molecular weight excluding hydrogens is 254 g/mol. The van der Waals surface area contributed by atoms with E-state index in [1.54, 1.807) is 12.4 Å². The van der Waals surface area contributed by atoms with Gasteiger partial charge in [0.15, 0.2) is 0 Å². The summed E-state index contributed by atoms with van der Waals surface area (Å²) < 4.78 is 5.61. The zero-order valence-electron chi connectivity index (χ0n) is 12.2. The second-order valence-electron chi connectivity index (χ2n) is 5.38. The molecule has 1 saturated heterocycles. The van der Waals surface area contributed by atoms with Gasteiger partial charge in [-0.05, 0) is 25.5 Å². The van der Waals surface area contributed by atoms with E-state index in [4.69, 9.17) is 4.74 Å². The minimum Gasteiger partial charge on any atom is -0.375 e. The number of hydrogen-bond donors (Lipinski definition) is 1. The standard InChI is InChI=1S/C15H23N3O2/c1-12(2)18(11-13-4-3-5-16-9-13)15(19)8-14-10-17-6-7-20-14/h3-5,9,12,14,17H,6-8,10-11H2,1-2H3. The van der Waals surface area contributed by atoms with Crippen LogP contribution in [0.5, 0.6) is 0 Å². The van der Waals surface area contributed by atoms with Gasteiger partial charge >= 0.3 is 0 Å². The maximum absolute atomic E-state index is 12.5. The van der Waals surface area contributed by atoms with Gasteiger partial charge in [-0.25, -0.2) is 0 Å². The van der Waals surface area contributed by atoms with Gasteiger partial charge in [-0.3, -0.25) is 9.78 Å². The fourth-order valence-corrected chi connectivity index (χ4v) is 2.31. The van der Waals surface area contributed by atoms with Crippen LogP contribution in [0.1, 0.15) is 25.8 Å². The summed E-state index contributed by atoms with van der Waals surface area (Å²) in [6, 6.07) is 4.06. The van der Waals surface area contributed by atoms with Crippen LogP contribution in [0.2, 0.25) is 0 Å². The smallest absolute Gasteiger partial charge is 0.225 e. The molecule has 20 heavy (non-hydrogen) atoms. The van der Waals surface area contributed by atoms with Crippen LogP contribution in [0.4, 0.5) is 0 Å². The third kappa shape index (κ3) is 4.28. The van der Waals surface area contributed by atoms with Crippen LogP contribution in [0, 0.1) is 0 Å². The molecule has 2 heterocycles. The summed E-state index contributed by atoms with van der Waals surface area (Å²) in [6.45, 7) is 6.98. The van der Waals surface area contributed by atoms with Crippen molar-refractivity contribution in [3.63, 3.8) is 0 Å². The van der Waals surface area contributed by atoms with Crippen molar-refractivity contribution in [3.8, 4) is 0 Å². The Kier molecular flexibility index (Phi) is 5.49. The summed E-state index contributed by atoms with van der Waals surface area (Å²) in [6.07, 6.45) is 3.98. The highest BCUT2D eigenvalue weighted by molar-refractivity contribution is 5.77. The number of nitrogens with one attached hydrogen (secondary N) is 1. The molecule has 5 nitrogen and oxygen atoms in total. The summed E-state index contributed by atoms with van der Waals surface area (Å²) in [5.74, 6) is 0.137. The lowest BCUT2D eigenvalue weighted by atomic mass is 10.1. The van der Waals surface area contributed by atoms with E-state index in [0.29, 0.717) is 19.6 Å². The highest BCUT2D eigenvalue weighted by atomic mass is 16.5. The number of aromatic nitrogens is 1. The molecule has 0 aliphatic carbocycles. The van der Waals surface area contributed by atoms with Gasteiger partial charge in [0.1, 0.15) is 0 Å². The molecule has 1 aromatic rings. The van der Waals surface area contributed by atoms with Crippen molar-refractivity contribution < 1.29 is 9.53 Å². The molecule has 5 heteroatoms. The molecule has 1 fully saturated rings. The van der Waals surface area contributed by atoms with Gasteiger partial charge in [0.2, 0.25) is 5.91 Å². The zero-order chi connectivity index (χ0) is 14.4. The molecule has 1 atom stereocenters. The molecule has 1 N–H and O–H groups in total. The minimum atomic E-state index is -0.00796. The average molecular weight is 277 g/mol. The van der Waals surface area contributed by atoms with Crippen LogP contribution < -0.4 is 5.32 Å². The first-order valence-electron chi connectivity index (χ1n) is 7.17. The second-order valence-corrected chi connectivity index (χ2v) is 5.38. The second kappa shape index (κ2) is 7.36. The number of carbonyl (C=O) groups excluding carboxylic acids is 1. The maximum Gasteiger partial charge on any atom is 0.225 e. The molecule has 110 valence electrons. The summed E-state index contributed by atoms with van der Waals surface area (Å²) in [5.41, 5.74) is 1.05. The fraction of sp³-hybridized carbons (Fsp3) is 0.600. The molecular formula is C15H23N3O2. The van der Waals surface area contributed by atoms with Gasteiger partial charge < -0.3 is 15.0 Å². The SMILES string of the molecule is CC(C)N(Cc1cccnc1)C(=O)CC1CNCCO1. The van der Waals surface area contributed by atoms with E-state index < -0.39 is 0 Å². The van der Waals surface area contributed by atoms with Gasteiger partial charge in [-0.2, -0.15) is 0 Å². The maximum atomic E-state index is 12.5. The number of pyridine rings is 1. The van der Waals surface area contributed by atoms with E-state index >= 15 is 0 Å². The Labute approximate surface area is 120 Å². The molecule has 0 spiro atoms. The highest BCUT2D eigenvalue weighted by Gasteiger charge is 2.23. The van der Waals surface area contributed by atoms with Crippen molar-refractivity contribution in [2.75, 3.05) is 19.7 Å². The largest absolute Gasteiger partial charge is 0.375 e. The number of morpholine rings is 1. The Bertz CT molecular complexity index is 416. The first kappa shape index (κ1) is 14.9. The van der Waals surface area contributed by atoms with Gasteiger partial charge in [0, 0.05) is 38.1 Å². The third-order valence-corrected chi connectivity index (χ3v) is 3.43. The van der Waals surface area contributed by atoms with Crippen molar-refractivity contribution >= 4 is 5.91 Å². The summed E-state index contributed by atoms with van der Waals surface area (Å²) in [7, 11) is 0. The van der Waals surface area contributed by atoms with E-state index in [1.807, 2.05) is 30.9 Å². The zero-order valence-corrected chi connectivity index (χ0v) is 12.2. The molecule has 1 aromatic heterocycles. The lowest BCUT2D eigenvalue weighted by molar-refractivity contribution is -0.137. The number of ether oxygens (including phenoxy) is 1. The molecule has 0 saturated carbocycles. The van der Waals surface area contributed by atoms with Crippen LogP contribution >= 0.6 is 0 Å². The van der Waals surface area contributed by atoms with Crippen molar-refractivity contribution in [2.24, 2.45) is 0 Å². The predicted molar refractivity (Wildman–Crippen MR) is 77.1 cm³/mol. The number of carbonyl (C=O) groups is 1. The molecule has 0 aromatic carbocycles. The van der Waals surface area contributed by atoms with E-state index in [0.717, 1.165) is 18.7 Å². The molecule has 1 aliphatic heterocycles. The van der Waals surface area contributed by atoms with Crippen LogP contribution in [0.15, 0.2) is 24.5 Å². The quantitative estimate of drug-likeness (QED) is 0.878. The molecule has 1 amide bonds. The van der Waals surface area contributed by atoms with E-state index in [-0.39, 0.29) is 18.1 Å². The minimum absolute atomic E-state index is 0.00796. The van der Waals surface area contributed by atoms with E-state index in [9.17, 15) is 4.79 Å². The highest BCUT2D eigenvalue weighted by Crippen LogP contribution is 2.12. The fourth-order valence-electron chi connectivity index (χ4n) is 2.31. The van der Waals surface area contributed by atoms with E-state index in [2.05, 4.69) is 10.3 Å². The lowest BCUT2D eigenvalue weighted by Gasteiger charge is -2.30. The summed E-state index contributed by atoms with van der Waals surface area (Å²) in [4.78, 5) is 18.4. The molecule has 0 radical (unpaired) electrons. The molecule has 0 bridgehead atoms. The number of nitrogens with zero attached hydrogens (tertiary/aromatic N) is 2. The molecule has 1 unspecified atom stereocenters. The van der Waals surface area contributed by atoms with Gasteiger partial charge in [0.05, 0.1) is 19.1 Å². The van der Waals surface area contributed by atoms with E-state index in [1.165, 1.54) is 0 Å². The molecule has 2 rings (SSSR count). The van der Waals surface area contributed by atoms with Crippen molar-refractivity contribution in [2.45, 2.75) is 39.0 Å². The lowest BCUT2D eigenvalue weighted by Crippen LogP contribution is -2.44. The Hall–Kier alpha value is -1.46. The van der Waals surface area contributed by atoms with Crippen molar-refractivity contribution in [1.29, 1.82) is 0 Å². The first-order valence-corrected chi connectivity index (χ1v) is 7.17. The Morgan fingerprint density at radius 3 is 3.05 bits per heavy atom. The van der Waals surface area contributed by atoms with Crippen LogP contribution in [-0.2, 0) is 16.1 Å². The number of hydrogen-bond acceptors (Lipinski definition) is 4. The summed E-state index contributed by atoms with van der Waals surface area (Å²) in [5, 5.41) is 3.25. The Morgan fingerprint density at radius 2 is 2.45 bits per heavy atom. The number of rotatable bonds is 5. The average Bonchev–Trinajstić information content (AvgIpc) is 2.46. The predicted octanol–water partition coefficient (Wildman–Crippen LogP) is 1.20. The van der Waals surface area contributed by atoms with Gasteiger partial charge in [-0.15, -0.1) is 0 Å². The van der Waals surface area contributed by atoms with Crippen molar-refractivity contribution in [3.05, 3.63) is 30.1 Å². The van der Waals surface area contributed by atoms with Gasteiger partial charge in [0.25, 0.3) is 0 Å². The monoisotopic (exact) mass is 277 g/mol. The van der Waals surface area contributed by atoms with Crippen LogP contribution in [0.25, 0.3) is 0 Å². The first-order chi connectivity index (χ1) is 9.66.